The van der Waals surface area contributed by atoms with Gasteiger partial charge in [0, 0.05) is 49.1 Å². The van der Waals surface area contributed by atoms with Crippen molar-refractivity contribution in [3.8, 4) is 0 Å². The number of rotatable bonds is 3. The predicted molar refractivity (Wildman–Crippen MR) is 83.3 cm³/mol. The van der Waals surface area contributed by atoms with Crippen LogP contribution in [0.5, 0.6) is 0 Å². The van der Waals surface area contributed by atoms with Gasteiger partial charge in [-0.05, 0) is 17.7 Å². The highest BCUT2D eigenvalue weighted by molar-refractivity contribution is 6.31. The van der Waals surface area contributed by atoms with Crippen molar-refractivity contribution in [3.05, 3.63) is 52.8 Å². The Morgan fingerprint density at radius 2 is 2.15 bits per heavy atom. The lowest BCUT2D eigenvalue weighted by Gasteiger charge is -2.36. The molecule has 1 saturated heterocycles. The first-order chi connectivity index (χ1) is 9.34. The molecule has 0 amide bonds. The van der Waals surface area contributed by atoms with E-state index in [1.165, 1.54) is 5.56 Å². The van der Waals surface area contributed by atoms with Crippen molar-refractivity contribution in [1.29, 1.82) is 0 Å². The van der Waals surface area contributed by atoms with Crippen LogP contribution < -0.4 is 5.32 Å². The van der Waals surface area contributed by atoms with E-state index in [2.05, 4.69) is 26.5 Å². The SMILES string of the molecule is Cl.Clc1ccccc1C1CNCCN1Cc1ccn[nH]1. The maximum atomic E-state index is 6.33. The van der Waals surface area contributed by atoms with Crippen LogP contribution in [0.15, 0.2) is 36.5 Å². The minimum absolute atomic E-state index is 0. The smallest absolute Gasteiger partial charge is 0.0492 e. The molecule has 3 rings (SSSR count). The van der Waals surface area contributed by atoms with Gasteiger partial charge in [0.1, 0.15) is 0 Å². The van der Waals surface area contributed by atoms with Crippen molar-refractivity contribution < 1.29 is 0 Å². The average Bonchev–Trinajstić information content (AvgIpc) is 2.93. The lowest BCUT2D eigenvalue weighted by Crippen LogP contribution is -2.45. The molecule has 1 fully saturated rings. The molecular formula is C14H18Cl2N4. The number of H-pyrrole nitrogens is 1. The second-order valence-corrected chi connectivity index (χ2v) is 5.20. The summed E-state index contributed by atoms with van der Waals surface area (Å²) in [6.45, 7) is 3.82. The minimum Gasteiger partial charge on any atom is -0.314 e. The summed E-state index contributed by atoms with van der Waals surface area (Å²) < 4.78 is 0. The molecule has 0 spiro atoms. The van der Waals surface area contributed by atoms with E-state index in [-0.39, 0.29) is 12.4 Å². The fourth-order valence-corrected chi connectivity index (χ4v) is 2.84. The number of benzene rings is 1. The lowest BCUT2D eigenvalue weighted by molar-refractivity contribution is 0.152. The summed E-state index contributed by atoms with van der Waals surface area (Å²) in [6.07, 6.45) is 1.79. The molecule has 0 bridgehead atoms. The molecule has 2 N–H and O–H groups in total. The summed E-state index contributed by atoms with van der Waals surface area (Å²) in [7, 11) is 0. The Labute approximate surface area is 129 Å². The number of nitrogens with one attached hydrogen (secondary N) is 2. The summed E-state index contributed by atoms with van der Waals surface area (Å²) in [4.78, 5) is 2.44. The molecule has 2 aromatic rings. The van der Waals surface area contributed by atoms with Crippen LogP contribution >= 0.6 is 24.0 Å². The van der Waals surface area contributed by atoms with Crippen molar-refractivity contribution >= 4 is 24.0 Å². The second kappa shape index (κ2) is 7.09. The molecule has 108 valence electrons. The van der Waals surface area contributed by atoms with Crippen molar-refractivity contribution in [2.24, 2.45) is 0 Å². The van der Waals surface area contributed by atoms with Crippen LogP contribution in [-0.2, 0) is 6.54 Å². The first-order valence-corrected chi connectivity index (χ1v) is 6.90. The van der Waals surface area contributed by atoms with Gasteiger partial charge in [-0.2, -0.15) is 5.10 Å². The number of nitrogens with zero attached hydrogens (tertiary/aromatic N) is 2. The number of hydrogen-bond donors (Lipinski definition) is 2. The lowest BCUT2D eigenvalue weighted by atomic mass is 10.0. The maximum absolute atomic E-state index is 6.33. The van der Waals surface area contributed by atoms with Crippen molar-refractivity contribution in [3.63, 3.8) is 0 Å². The standard InChI is InChI=1S/C14H17ClN4.ClH/c15-13-4-2-1-3-12(13)14-9-16-7-8-19(14)10-11-5-6-17-18-11;/h1-6,14,16H,7-10H2,(H,17,18);1H. The van der Waals surface area contributed by atoms with Gasteiger partial charge in [-0.15, -0.1) is 12.4 Å². The second-order valence-electron chi connectivity index (χ2n) is 4.79. The minimum atomic E-state index is 0. The third kappa shape index (κ3) is 3.33. The molecule has 1 atom stereocenters. The Kier molecular flexibility index (Phi) is 5.43. The Morgan fingerprint density at radius 3 is 2.90 bits per heavy atom. The molecule has 0 saturated carbocycles. The van der Waals surface area contributed by atoms with E-state index < -0.39 is 0 Å². The van der Waals surface area contributed by atoms with Crippen LogP contribution in [0.1, 0.15) is 17.3 Å². The Hall–Kier alpha value is -1.07. The van der Waals surface area contributed by atoms with Gasteiger partial charge in [-0.1, -0.05) is 29.8 Å². The van der Waals surface area contributed by atoms with Crippen molar-refractivity contribution in [1.82, 2.24) is 20.4 Å². The van der Waals surface area contributed by atoms with Gasteiger partial charge >= 0.3 is 0 Å². The molecule has 1 aliphatic heterocycles. The Balaban J connectivity index is 0.00000147. The first kappa shape index (κ1) is 15.3. The highest BCUT2D eigenvalue weighted by Crippen LogP contribution is 2.29. The highest BCUT2D eigenvalue weighted by Gasteiger charge is 2.25. The molecule has 1 aromatic heterocycles. The van der Waals surface area contributed by atoms with E-state index in [1.54, 1.807) is 6.20 Å². The highest BCUT2D eigenvalue weighted by atomic mass is 35.5. The van der Waals surface area contributed by atoms with Crippen LogP contribution in [0.2, 0.25) is 5.02 Å². The first-order valence-electron chi connectivity index (χ1n) is 6.52. The molecule has 6 heteroatoms. The van der Waals surface area contributed by atoms with Gasteiger partial charge in [0.15, 0.2) is 0 Å². The zero-order valence-corrected chi connectivity index (χ0v) is 12.6. The number of halogens is 2. The number of aromatic nitrogens is 2. The summed E-state index contributed by atoms with van der Waals surface area (Å²) in [6, 6.07) is 10.4. The third-order valence-electron chi connectivity index (χ3n) is 3.55. The molecule has 4 nitrogen and oxygen atoms in total. The van der Waals surface area contributed by atoms with Crippen LogP contribution in [0.4, 0.5) is 0 Å². The molecule has 20 heavy (non-hydrogen) atoms. The Morgan fingerprint density at radius 1 is 1.30 bits per heavy atom. The average molecular weight is 313 g/mol. The summed E-state index contributed by atoms with van der Waals surface area (Å²) >= 11 is 6.33. The normalized spacial score (nSPS) is 19.6. The van der Waals surface area contributed by atoms with Gasteiger partial charge in [0.2, 0.25) is 0 Å². The summed E-state index contributed by atoms with van der Waals surface area (Å²) in [5.74, 6) is 0. The quantitative estimate of drug-likeness (QED) is 0.915. The summed E-state index contributed by atoms with van der Waals surface area (Å²) in [5, 5.41) is 11.3. The fourth-order valence-electron chi connectivity index (χ4n) is 2.58. The molecule has 1 aliphatic rings. The van der Waals surface area contributed by atoms with E-state index in [9.17, 15) is 0 Å². The van der Waals surface area contributed by atoms with Crippen LogP contribution in [0.3, 0.4) is 0 Å². The van der Waals surface area contributed by atoms with E-state index in [4.69, 9.17) is 11.6 Å². The Bertz CT molecular complexity index is 530. The molecule has 1 unspecified atom stereocenters. The van der Waals surface area contributed by atoms with Gasteiger partial charge in [0.25, 0.3) is 0 Å². The zero-order chi connectivity index (χ0) is 13.1. The topological polar surface area (TPSA) is 44.0 Å². The van der Waals surface area contributed by atoms with Gasteiger partial charge in [-0.25, -0.2) is 0 Å². The van der Waals surface area contributed by atoms with E-state index in [0.717, 1.165) is 36.9 Å². The molecular weight excluding hydrogens is 295 g/mol. The fraction of sp³-hybridized carbons (Fsp3) is 0.357. The van der Waals surface area contributed by atoms with Gasteiger partial charge in [0.05, 0.1) is 0 Å². The van der Waals surface area contributed by atoms with Gasteiger partial charge < -0.3 is 5.32 Å². The third-order valence-corrected chi connectivity index (χ3v) is 3.89. The molecule has 2 heterocycles. The molecule has 0 aliphatic carbocycles. The molecule has 1 aromatic carbocycles. The van der Waals surface area contributed by atoms with Crippen molar-refractivity contribution in [2.45, 2.75) is 12.6 Å². The largest absolute Gasteiger partial charge is 0.314 e. The van der Waals surface area contributed by atoms with E-state index in [0.29, 0.717) is 6.04 Å². The summed E-state index contributed by atoms with van der Waals surface area (Å²) in [5.41, 5.74) is 2.33. The van der Waals surface area contributed by atoms with Crippen molar-refractivity contribution in [2.75, 3.05) is 19.6 Å². The number of piperazine rings is 1. The monoisotopic (exact) mass is 312 g/mol. The van der Waals surface area contributed by atoms with Crippen LogP contribution in [-0.4, -0.2) is 34.7 Å². The molecule has 0 radical (unpaired) electrons. The van der Waals surface area contributed by atoms with E-state index >= 15 is 0 Å². The van der Waals surface area contributed by atoms with Gasteiger partial charge in [-0.3, -0.25) is 10.00 Å². The number of aromatic amines is 1. The van der Waals surface area contributed by atoms with Crippen LogP contribution in [0, 0.1) is 0 Å². The zero-order valence-electron chi connectivity index (χ0n) is 11.1. The maximum Gasteiger partial charge on any atom is 0.0492 e. The van der Waals surface area contributed by atoms with E-state index in [1.807, 2.05) is 24.3 Å². The van der Waals surface area contributed by atoms with Crippen LogP contribution in [0.25, 0.3) is 0 Å². The predicted octanol–water partition coefficient (Wildman–Crippen LogP) is 2.63. The number of hydrogen-bond acceptors (Lipinski definition) is 3.